The fourth-order valence-electron chi connectivity index (χ4n) is 2.38. The lowest BCUT2D eigenvalue weighted by molar-refractivity contribution is -0.116. The predicted molar refractivity (Wildman–Crippen MR) is 106 cm³/mol. The molecule has 0 aliphatic heterocycles. The summed E-state index contributed by atoms with van der Waals surface area (Å²) in [5.41, 5.74) is 0.478. The lowest BCUT2D eigenvalue weighted by Gasteiger charge is -2.13. The smallest absolute Gasteiger partial charge is 0.224 e. The molecule has 0 aromatic heterocycles. The van der Waals surface area contributed by atoms with Crippen molar-refractivity contribution in [1.82, 2.24) is 0 Å². The molecule has 2 aromatic carbocycles. The van der Waals surface area contributed by atoms with Crippen LogP contribution in [0.5, 0.6) is 23.0 Å². The number of hydrogen-bond acceptors (Lipinski definition) is 5. The Labute approximate surface area is 164 Å². The van der Waals surface area contributed by atoms with Crippen molar-refractivity contribution in [1.29, 1.82) is 0 Å². The standard InChI is InChI=1S/C20H24ClNO5/c1-4-26-14-7-9-15(10-8-14)27-11-5-6-20(23)22-17-13-19(25-3)18(24-2)12-16(17)21/h7-10,12-13H,4-6,11H2,1-3H3,(H,22,23). The fourth-order valence-corrected chi connectivity index (χ4v) is 2.59. The van der Waals surface area contributed by atoms with Crippen molar-refractivity contribution in [3.8, 4) is 23.0 Å². The molecule has 0 aliphatic carbocycles. The maximum atomic E-state index is 12.1. The van der Waals surface area contributed by atoms with Gasteiger partial charge in [-0.2, -0.15) is 0 Å². The third-order valence-electron chi connectivity index (χ3n) is 3.70. The second-order valence-electron chi connectivity index (χ2n) is 5.59. The van der Waals surface area contributed by atoms with E-state index in [0.29, 0.717) is 48.3 Å². The van der Waals surface area contributed by atoms with E-state index in [9.17, 15) is 4.79 Å². The average Bonchev–Trinajstić information content (AvgIpc) is 2.68. The number of rotatable bonds is 10. The molecule has 0 saturated heterocycles. The van der Waals surface area contributed by atoms with Crippen molar-refractivity contribution in [3.05, 3.63) is 41.4 Å². The molecule has 0 aliphatic rings. The maximum Gasteiger partial charge on any atom is 0.224 e. The van der Waals surface area contributed by atoms with Crippen LogP contribution in [0.4, 0.5) is 5.69 Å². The van der Waals surface area contributed by atoms with Gasteiger partial charge in [0.25, 0.3) is 0 Å². The van der Waals surface area contributed by atoms with Crippen molar-refractivity contribution in [3.63, 3.8) is 0 Å². The molecule has 6 nitrogen and oxygen atoms in total. The zero-order valence-corrected chi connectivity index (χ0v) is 16.5. The van der Waals surface area contributed by atoms with Crippen LogP contribution in [0.1, 0.15) is 19.8 Å². The zero-order valence-electron chi connectivity index (χ0n) is 15.7. The van der Waals surface area contributed by atoms with Crippen LogP contribution in [0.2, 0.25) is 5.02 Å². The Kier molecular flexibility index (Phi) is 8.07. The number of carbonyl (C=O) groups is 1. The quantitative estimate of drug-likeness (QED) is 0.599. The van der Waals surface area contributed by atoms with E-state index in [2.05, 4.69) is 5.32 Å². The Morgan fingerprint density at radius 1 is 1.00 bits per heavy atom. The maximum absolute atomic E-state index is 12.1. The van der Waals surface area contributed by atoms with Crippen LogP contribution in [-0.4, -0.2) is 33.3 Å². The second kappa shape index (κ2) is 10.5. The largest absolute Gasteiger partial charge is 0.494 e. The first-order valence-electron chi connectivity index (χ1n) is 8.64. The van der Waals surface area contributed by atoms with Crippen molar-refractivity contribution >= 4 is 23.2 Å². The van der Waals surface area contributed by atoms with Crippen molar-refractivity contribution in [2.75, 3.05) is 32.8 Å². The Morgan fingerprint density at radius 3 is 2.19 bits per heavy atom. The number of ether oxygens (including phenoxy) is 4. The van der Waals surface area contributed by atoms with E-state index in [4.69, 9.17) is 30.5 Å². The van der Waals surface area contributed by atoms with E-state index in [1.165, 1.54) is 14.2 Å². The topological polar surface area (TPSA) is 66.0 Å². The Hall–Kier alpha value is -2.60. The van der Waals surface area contributed by atoms with Gasteiger partial charge in [0.1, 0.15) is 11.5 Å². The second-order valence-corrected chi connectivity index (χ2v) is 6.00. The molecule has 0 bridgehead atoms. The first kappa shape index (κ1) is 20.7. The number of nitrogens with one attached hydrogen (secondary N) is 1. The van der Waals surface area contributed by atoms with Gasteiger partial charge in [-0.1, -0.05) is 11.6 Å². The number of anilines is 1. The molecular formula is C20H24ClNO5. The van der Waals surface area contributed by atoms with Gasteiger partial charge >= 0.3 is 0 Å². The van der Waals surface area contributed by atoms with Gasteiger partial charge in [0, 0.05) is 18.6 Å². The summed E-state index contributed by atoms with van der Waals surface area (Å²) in [6, 6.07) is 10.6. The monoisotopic (exact) mass is 393 g/mol. The summed E-state index contributed by atoms with van der Waals surface area (Å²) in [5.74, 6) is 2.39. The highest BCUT2D eigenvalue weighted by Crippen LogP contribution is 2.36. The van der Waals surface area contributed by atoms with E-state index in [1.54, 1.807) is 12.1 Å². The molecular weight excluding hydrogens is 370 g/mol. The van der Waals surface area contributed by atoms with Gasteiger partial charge in [0.2, 0.25) is 5.91 Å². The normalized spacial score (nSPS) is 10.2. The number of hydrogen-bond donors (Lipinski definition) is 1. The molecule has 0 saturated carbocycles. The minimum absolute atomic E-state index is 0.153. The number of methoxy groups -OCH3 is 2. The molecule has 2 aromatic rings. The van der Waals surface area contributed by atoms with Crippen molar-refractivity contribution < 1.29 is 23.7 Å². The number of benzene rings is 2. The Balaban J connectivity index is 1.79. The summed E-state index contributed by atoms with van der Waals surface area (Å²) in [6.07, 6.45) is 0.881. The lowest BCUT2D eigenvalue weighted by atomic mass is 10.2. The van der Waals surface area contributed by atoms with Gasteiger partial charge in [0.05, 0.1) is 38.1 Å². The van der Waals surface area contributed by atoms with E-state index < -0.39 is 0 Å². The summed E-state index contributed by atoms with van der Waals surface area (Å²) < 4.78 is 21.4. The summed E-state index contributed by atoms with van der Waals surface area (Å²) in [5, 5.41) is 3.16. The average molecular weight is 394 g/mol. The molecule has 2 rings (SSSR count). The van der Waals surface area contributed by atoms with Gasteiger partial charge < -0.3 is 24.3 Å². The van der Waals surface area contributed by atoms with E-state index in [-0.39, 0.29) is 5.91 Å². The highest BCUT2D eigenvalue weighted by atomic mass is 35.5. The molecule has 0 fully saturated rings. The van der Waals surface area contributed by atoms with Crippen LogP contribution in [0.25, 0.3) is 0 Å². The van der Waals surface area contributed by atoms with E-state index >= 15 is 0 Å². The van der Waals surface area contributed by atoms with Crippen LogP contribution < -0.4 is 24.3 Å². The van der Waals surface area contributed by atoms with Gasteiger partial charge in [-0.25, -0.2) is 0 Å². The molecule has 27 heavy (non-hydrogen) atoms. The molecule has 0 atom stereocenters. The summed E-state index contributed by atoms with van der Waals surface area (Å²) in [4.78, 5) is 12.1. The molecule has 0 radical (unpaired) electrons. The summed E-state index contributed by atoms with van der Waals surface area (Å²) in [7, 11) is 3.05. The Morgan fingerprint density at radius 2 is 1.59 bits per heavy atom. The van der Waals surface area contributed by atoms with Crippen molar-refractivity contribution in [2.24, 2.45) is 0 Å². The highest BCUT2D eigenvalue weighted by Gasteiger charge is 2.12. The lowest BCUT2D eigenvalue weighted by Crippen LogP contribution is -2.13. The molecule has 0 unspecified atom stereocenters. The Bertz CT molecular complexity index is 749. The van der Waals surface area contributed by atoms with Crippen LogP contribution in [0, 0.1) is 0 Å². The number of carbonyl (C=O) groups excluding carboxylic acids is 1. The van der Waals surface area contributed by atoms with Crippen LogP contribution in [-0.2, 0) is 4.79 Å². The number of halogens is 1. The zero-order chi connectivity index (χ0) is 19.6. The van der Waals surface area contributed by atoms with Gasteiger partial charge in [-0.15, -0.1) is 0 Å². The molecule has 146 valence electrons. The molecule has 1 N–H and O–H groups in total. The predicted octanol–water partition coefficient (Wildman–Crippen LogP) is 4.55. The van der Waals surface area contributed by atoms with Crippen LogP contribution in [0.3, 0.4) is 0 Å². The first-order chi connectivity index (χ1) is 13.1. The highest BCUT2D eigenvalue weighted by molar-refractivity contribution is 6.34. The minimum Gasteiger partial charge on any atom is -0.494 e. The molecule has 1 amide bonds. The van der Waals surface area contributed by atoms with E-state index in [1.807, 2.05) is 31.2 Å². The van der Waals surface area contributed by atoms with Gasteiger partial charge in [-0.05, 0) is 37.6 Å². The molecule has 0 heterocycles. The minimum atomic E-state index is -0.153. The van der Waals surface area contributed by atoms with Gasteiger partial charge in [-0.3, -0.25) is 4.79 Å². The van der Waals surface area contributed by atoms with E-state index in [0.717, 1.165) is 11.5 Å². The third kappa shape index (κ3) is 6.25. The van der Waals surface area contributed by atoms with Crippen LogP contribution in [0.15, 0.2) is 36.4 Å². The summed E-state index contributed by atoms with van der Waals surface area (Å²) >= 11 is 6.17. The van der Waals surface area contributed by atoms with Crippen molar-refractivity contribution in [2.45, 2.75) is 19.8 Å². The van der Waals surface area contributed by atoms with Crippen LogP contribution >= 0.6 is 11.6 Å². The fraction of sp³-hybridized carbons (Fsp3) is 0.350. The number of amides is 1. The molecule has 7 heteroatoms. The van der Waals surface area contributed by atoms with Gasteiger partial charge in [0.15, 0.2) is 11.5 Å². The molecule has 0 spiro atoms. The SMILES string of the molecule is CCOc1ccc(OCCCC(=O)Nc2cc(OC)c(OC)cc2Cl)cc1. The third-order valence-corrected chi connectivity index (χ3v) is 4.01. The summed E-state index contributed by atoms with van der Waals surface area (Å²) in [6.45, 7) is 2.99. The first-order valence-corrected chi connectivity index (χ1v) is 9.02.